The summed E-state index contributed by atoms with van der Waals surface area (Å²) in [7, 11) is 1.44. The van der Waals surface area contributed by atoms with Crippen LogP contribution in [0.1, 0.15) is 33.6 Å². The Morgan fingerprint density at radius 2 is 2.00 bits per heavy atom. The maximum Gasteiger partial charge on any atom is 0.308 e. The van der Waals surface area contributed by atoms with Gasteiger partial charge in [0.1, 0.15) is 0 Å². The van der Waals surface area contributed by atoms with Gasteiger partial charge >= 0.3 is 5.97 Å². The molecule has 0 aromatic heterocycles. The van der Waals surface area contributed by atoms with Crippen molar-refractivity contribution in [2.45, 2.75) is 33.6 Å². The van der Waals surface area contributed by atoms with Gasteiger partial charge < -0.3 is 4.74 Å². The summed E-state index contributed by atoms with van der Waals surface area (Å²) in [5, 5.41) is 0. The Balaban J connectivity index is 3.69. The molecule has 0 aliphatic carbocycles. The second-order valence-corrected chi connectivity index (χ2v) is 3.50. The van der Waals surface area contributed by atoms with Crippen molar-refractivity contribution in [1.82, 2.24) is 0 Å². The third kappa shape index (κ3) is 5.45. The van der Waals surface area contributed by atoms with Crippen molar-refractivity contribution in [1.29, 1.82) is 0 Å². The lowest BCUT2D eigenvalue weighted by molar-refractivity contribution is -0.145. The second kappa shape index (κ2) is 6.70. The Morgan fingerprint density at radius 1 is 1.38 bits per heavy atom. The number of allylic oxidation sites excluding steroid dienone is 2. The smallest absolute Gasteiger partial charge is 0.308 e. The van der Waals surface area contributed by atoms with Gasteiger partial charge in [-0.25, -0.2) is 0 Å². The molecular formula is C11H20O2. The minimum Gasteiger partial charge on any atom is -0.469 e. The minimum absolute atomic E-state index is 0.0257. The highest BCUT2D eigenvalue weighted by molar-refractivity contribution is 5.71. The summed E-state index contributed by atoms with van der Waals surface area (Å²) >= 11 is 0. The molecule has 0 radical (unpaired) electrons. The number of carbonyl (C=O) groups excluding carboxylic acids is 1. The van der Waals surface area contributed by atoms with Crippen molar-refractivity contribution >= 4 is 5.97 Å². The number of rotatable bonds is 5. The molecule has 0 unspecified atom stereocenters. The molecule has 0 aromatic carbocycles. The topological polar surface area (TPSA) is 26.3 Å². The van der Waals surface area contributed by atoms with E-state index in [4.69, 9.17) is 0 Å². The zero-order valence-electron chi connectivity index (χ0n) is 9.04. The van der Waals surface area contributed by atoms with E-state index in [0.717, 1.165) is 12.8 Å². The molecular weight excluding hydrogens is 164 g/mol. The van der Waals surface area contributed by atoms with Crippen LogP contribution < -0.4 is 0 Å². The summed E-state index contributed by atoms with van der Waals surface area (Å²) in [4.78, 5) is 11.0. The highest BCUT2D eigenvalue weighted by Gasteiger charge is 2.13. The zero-order chi connectivity index (χ0) is 10.3. The first-order chi connectivity index (χ1) is 6.11. The van der Waals surface area contributed by atoms with Gasteiger partial charge in [0.05, 0.1) is 13.0 Å². The standard InChI is InChI=1S/C11H20O2/c1-5-6-9(2)7-8-10(3)11(12)13-4/h5-6,9-10H,7-8H2,1-4H3/t9-,10+/m1/s1. The predicted molar refractivity (Wildman–Crippen MR) is 54.4 cm³/mol. The zero-order valence-corrected chi connectivity index (χ0v) is 9.04. The lowest BCUT2D eigenvalue weighted by Gasteiger charge is -2.10. The summed E-state index contributed by atoms with van der Waals surface area (Å²) in [6, 6.07) is 0. The molecule has 0 saturated heterocycles. The van der Waals surface area contributed by atoms with E-state index in [0.29, 0.717) is 5.92 Å². The lowest BCUT2D eigenvalue weighted by atomic mass is 9.98. The SMILES string of the molecule is CC=C[C@@H](C)CC[C@H](C)C(=O)OC. The van der Waals surface area contributed by atoms with Crippen LogP contribution in [0, 0.1) is 11.8 Å². The van der Waals surface area contributed by atoms with E-state index in [2.05, 4.69) is 17.7 Å². The summed E-state index contributed by atoms with van der Waals surface area (Å²) < 4.78 is 4.65. The molecule has 0 heterocycles. The Labute approximate surface area is 81.0 Å². The third-order valence-corrected chi connectivity index (χ3v) is 2.18. The molecule has 2 atom stereocenters. The van der Waals surface area contributed by atoms with Crippen LogP contribution in [0.15, 0.2) is 12.2 Å². The van der Waals surface area contributed by atoms with Crippen molar-refractivity contribution in [3.05, 3.63) is 12.2 Å². The Morgan fingerprint density at radius 3 is 2.46 bits per heavy atom. The van der Waals surface area contributed by atoms with Gasteiger partial charge in [-0.05, 0) is 25.7 Å². The van der Waals surface area contributed by atoms with Crippen molar-refractivity contribution in [2.24, 2.45) is 11.8 Å². The molecule has 0 saturated carbocycles. The third-order valence-electron chi connectivity index (χ3n) is 2.18. The quantitative estimate of drug-likeness (QED) is 0.485. The average Bonchev–Trinajstić information content (AvgIpc) is 2.13. The van der Waals surface area contributed by atoms with Crippen LogP contribution in [0.25, 0.3) is 0 Å². The first kappa shape index (κ1) is 12.2. The van der Waals surface area contributed by atoms with Gasteiger partial charge in [0.15, 0.2) is 0 Å². The molecule has 13 heavy (non-hydrogen) atoms. The predicted octanol–water partition coefficient (Wildman–Crippen LogP) is 2.79. The molecule has 76 valence electrons. The maximum absolute atomic E-state index is 11.0. The summed E-state index contributed by atoms with van der Waals surface area (Å²) in [6.45, 7) is 6.08. The molecule has 0 bridgehead atoms. The van der Waals surface area contributed by atoms with E-state index >= 15 is 0 Å². The van der Waals surface area contributed by atoms with Crippen molar-refractivity contribution in [3.8, 4) is 0 Å². The molecule has 2 heteroatoms. The molecule has 0 aromatic rings. The van der Waals surface area contributed by atoms with Crippen molar-refractivity contribution in [2.75, 3.05) is 7.11 Å². The average molecular weight is 184 g/mol. The van der Waals surface area contributed by atoms with Gasteiger partial charge in [-0.3, -0.25) is 4.79 Å². The number of esters is 1. The van der Waals surface area contributed by atoms with Crippen LogP contribution in [0.3, 0.4) is 0 Å². The molecule has 0 spiro atoms. The van der Waals surface area contributed by atoms with Gasteiger partial charge in [-0.2, -0.15) is 0 Å². The van der Waals surface area contributed by atoms with Crippen molar-refractivity contribution in [3.63, 3.8) is 0 Å². The monoisotopic (exact) mass is 184 g/mol. The molecule has 0 N–H and O–H groups in total. The van der Waals surface area contributed by atoms with Crippen LogP contribution in [0.5, 0.6) is 0 Å². The summed E-state index contributed by atoms with van der Waals surface area (Å²) in [6.07, 6.45) is 6.15. The molecule has 0 amide bonds. The number of hydrogen-bond acceptors (Lipinski definition) is 2. The highest BCUT2D eigenvalue weighted by atomic mass is 16.5. The number of methoxy groups -OCH3 is 1. The Kier molecular flexibility index (Phi) is 6.29. The van der Waals surface area contributed by atoms with E-state index in [9.17, 15) is 4.79 Å². The van der Waals surface area contributed by atoms with E-state index in [1.165, 1.54) is 7.11 Å². The van der Waals surface area contributed by atoms with Crippen LogP contribution in [0.4, 0.5) is 0 Å². The normalized spacial score (nSPS) is 15.7. The first-order valence-electron chi connectivity index (χ1n) is 4.82. The first-order valence-corrected chi connectivity index (χ1v) is 4.82. The summed E-state index contributed by atoms with van der Waals surface area (Å²) in [5.74, 6) is 0.475. The molecule has 0 rings (SSSR count). The fourth-order valence-corrected chi connectivity index (χ4v) is 1.26. The molecule has 0 fully saturated rings. The van der Waals surface area contributed by atoms with E-state index < -0.39 is 0 Å². The van der Waals surface area contributed by atoms with Gasteiger partial charge in [-0.1, -0.05) is 26.0 Å². The van der Waals surface area contributed by atoms with Crippen LogP contribution in [-0.2, 0) is 9.53 Å². The van der Waals surface area contributed by atoms with Gasteiger partial charge in [0, 0.05) is 0 Å². The van der Waals surface area contributed by atoms with Gasteiger partial charge in [0.25, 0.3) is 0 Å². The van der Waals surface area contributed by atoms with Crippen LogP contribution in [0.2, 0.25) is 0 Å². The molecule has 2 nitrogen and oxygen atoms in total. The minimum atomic E-state index is -0.104. The van der Waals surface area contributed by atoms with E-state index in [1.54, 1.807) is 0 Å². The Bertz CT molecular complexity index is 173. The highest BCUT2D eigenvalue weighted by Crippen LogP contribution is 2.14. The summed E-state index contributed by atoms with van der Waals surface area (Å²) in [5.41, 5.74) is 0. The van der Waals surface area contributed by atoms with Gasteiger partial charge in [0.2, 0.25) is 0 Å². The Hall–Kier alpha value is -0.790. The van der Waals surface area contributed by atoms with E-state index in [1.807, 2.05) is 19.9 Å². The van der Waals surface area contributed by atoms with Crippen LogP contribution in [-0.4, -0.2) is 13.1 Å². The molecule has 0 aliphatic heterocycles. The second-order valence-electron chi connectivity index (χ2n) is 3.50. The number of hydrogen-bond donors (Lipinski definition) is 0. The number of carbonyl (C=O) groups is 1. The molecule has 0 aliphatic rings. The van der Waals surface area contributed by atoms with E-state index in [-0.39, 0.29) is 11.9 Å². The number of ether oxygens (including phenoxy) is 1. The van der Waals surface area contributed by atoms with Gasteiger partial charge in [-0.15, -0.1) is 0 Å². The fraction of sp³-hybridized carbons (Fsp3) is 0.727. The lowest BCUT2D eigenvalue weighted by Crippen LogP contribution is -2.13. The largest absolute Gasteiger partial charge is 0.469 e. The maximum atomic E-state index is 11.0. The van der Waals surface area contributed by atoms with Crippen molar-refractivity contribution < 1.29 is 9.53 Å². The fourth-order valence-electron chi connectivity index (χ4n) is 1.26. The van der Waals surface area contributed by atoms with Crippen LogP contribution >= 0.6 is 0 Å².